The number of nitrogens with one attached hydrogen (secondary N) is 2. The number of hydrogen-bond acceptors (Lipinski definition) is 7. The number of carbonyl (C=O) groups is 2. The van der Waals surface area contributed by atoms with Crippen molar-refractivity contribution in [1.82, 2.24) is 19.7 Å². The lowest BCUT2D eigenvalue weighted by Crippen LogP contribution is -2.47. The van der Waals surface area contributed by atoms with Crippen LogP contribution < -0.4 is 20.9 Å². The number of halogens is 4. The zero-order valence-corrected chi connectivity index (χ0v) is 30.7. The lowest BCUT2D eigenvalue weighted by Gasteiger charge is -2.36. The van der Waals surface area contributed by atoms with Crippen molar-refractivity contribution >= 4 is 29.1 Å². The SMILES string of the molecule is Cc1c(-c2ccc(CN3CCC(CCN4CCC(c5ccc(NC6CCC(=O)NC6=O)cc5Cl)CC4)CC3)c(OC(F)(F)F)c2)cn(C)c(=O)c1C. The lowest BCUT2D eigenvalue weighted by atomic mass is 9.88. The predicted molar refractivity (Wildman–Crippen MR) is 196 cm³/mol. The van der Waals surface area contributed by atoms with Gasteiger partial charge < -0.3 is 19.5 Å². The molecule has 3 aliphatic heterocycles. The summed E-state index contributed by atoms with van der Waals surface area (Å²) < 4.78 is 46.5. The van der Waals surface area contributed by atoms with Crippen molar-refractivity contribution in [2.75, 3.05) is 38.0 Å². The summed E-state index contributed by atoms with van der Waals surface area (Å²) in [7, 11) is 1.64. The van der Waals surface area contributed by atoms with E-state index >= 15 is 0 Å². The molecule has 1 aromatic heterocycles. The van der Waals surface area contributed by atoms with Crippen LogP contribution in [0.15, 0.2) is 47.4 Å². The molecule has 2 N–H and O–H groups in total. The van der Waals surface area contributed by atoms with E-state index in [9.17, 15) is 27.6 Å². The standard InChI is InChI=1S/C39H47ClF3N5O4/c1-24-25(2)38(51)46(3)23-32(24)28-4-5-29(35(20-28)52-39(41,42)43)22-48-16-11-26(12-17-48)10-15-47-18-13-27(14-19-47)31-7-6-30(21-33(31)40)44-34-8-9-36(49)45-37(34)50/h4-7,20-21,23,26-27,34,44H,8-19,22H2,1-3H3,(H,45,49,50). The minimum atomic E-state index is -4.82. The molecule has 1 atom stereocenters. The van der Waals surface area contributed by atoms with E-state index in [2.05, 4.69) is 25.2 Å². The molecule has 1 unspecified atom stereocenters. The molecule has 3 aromatic rings. The molecule has 280 valence electrons. The number of rotatable bonds is 10. The number of benzene rings is 2. The summed E-state index contributed by atoms with van der Waals surface area (Å²) in [5.74, 6) is 0.175. The first-order valence-corrected chi connectivity index (χ1v) is 18.5. The lowest BCUT2D eigenvalue weighted by molar-refractivity contribution is -0.275. The van der Waals surface area contributed by atoms with E-state index in [1.807, 2.05) is 24.3 Å². The fraction of sp³-hybridized carbons (Fsp3) is 0.513. The summed E-state index contributed by atoms with van der Waals surface area (Å²) in [6, 6.07) is 10.4. The molecule has 52 heavy (non-hydrogen) atoms. The van der Waals surface area contributed by atoms with Crippen molar-refractivity contribution in [1.29, 1.82) is 0 Å². The molecule has 4 heterocycles. The van der Waals surface area contributed by atoms with Gasteiger partial charge in [0.25, 0.3) is 5.56 Å². The van der Waals surface area contributed by atoms with E-state index in [-0.39, 0.29) is 23.1 Å². The van der Waals surface area contributed by atoms with Gasteiger partial charge in [0, 0.05) is 53.6 Å². The van der Waals surface area contributed by atoms with Crippen molar-refractivity contribution < 1.29 is 27.5 Å². The third-order valence-electron chi connectivity index (χ3n) is 11.1. The predicted octanol–water partition coefficient (Wildman–Crippen LogP) is 6.92. The summed E-state index contributed by atoms with van der Waals surface area (Å²) in [4.78, 5) is 40.6. The minimum Gasteiger partial charge on any atom is -0.405 e. The smallest absolute Gasteiger partial charge is 0.405 e. The van der Waals surface area contributed by atoms with Crippen molar-refractivity contribution in [3.63, 3.8) is 0 Å². The number of carbonyl (C=O) groups excluding carboxylic acids is 2. The maximum atomic E-state index is 13.5. The molecular weight excluding hydrogens is 695 g/mol. The Morgan fingerprint density at radius 1 is 0.923 bits per heavy atom. The monoisotopic (exact) mass is 741 g/mol. The average molecular weight is 742 g/mol. The van der Waals surface area contributed by atoms with E-state index < -0.39 is 12.4 Å². The second-order valence-corrected chi connectivity index (χ2v) is 15.0. The number of anilines is 1. The third-order valence-corrected chi connectivity index (χ3v) is 11.4. The van der Waals surface area contributed by atoms with Crippen LogP contribution in [0.5, 0.6) is 5.75 Å². The Balaban J connectivity index is 0.973. The van der Waals surface area contributed by atoms with Crippen LogP contribution >= 0.6 is 11.6 Å². The fourth-order valence-corrected chi connectivity index (χ4v) is 8.16. The highest BCUT2D eigenvalue weighted by Crippen LogP contribution is 2.36. The number of alkyl halides is 3. The summed E-state index contributed by atoms with van der Waals surface area (Å²) in [6.45, 7) is 8.53. The number of imide groups is 1. The second-order valence-electron chi connectivity index (χ2n) is 14.6. The number of amides is 2. The van der Waals surface area contributed by atoms with Crippen molar-refractivity contribution in [2.45, 2.75) is 83.7 Å². The highest BCUT2D eigenvalue weighted by molar-refractivity contribution is 6.31. The number of aromatic nitrogens is 1. The number of nitrogens with zero attached hydrogens (tertiary/aromatic N) is 3. The Kier molecular flexibility index (Phi) is 11.7. The second kappa shape index (κ2) is 16.0. The van der Waals surface area contributed by atoms with Crippen LogP contribution in [0.4, 0.5) is 18.9 Å². The molecule has 3 saturated heterocycles. The van der Waals surface area contributed by atoms with Crippen LogP contribution in [0.3, 0.4) is 0 Å². The van der Waals surface area contributed by atoms with Crippen LogP contribution in [0.1, 0.15) is 73.1 Å². The number of aryl methyl sites for hydroxylation is 1. The number of pyridine rings is 1. The van der Waals surface area contributed by atoms with Crippen LogP contribution in [0, 0.1) is 19.8 Å². The average Bonchev–Trinajstić information content (AvgIpc) is 3.10. The van der Waals surface area contributed by atoms with E-state index in [1.54, 1.807) is 33.2 Å². The molecule has 6 rings (SSSR count). The Labute approximate surface area is 307 Å². The Bertz CT molecular complexity index is 1850. The number of likely N-dealkylation sites (tertiary alicyclic amines) is 2. The van der Waals surface area contributed by atoms with Gasteiger partial charge in [0.15, 0.2) is 0 Å². The molecule has 9 nitrogen and oxygen atoms in total. The van der Waals surface area contributed by atoms with E-state index in [1.165, 1.54) is 10.6 Å². The van der Waals surface area contributed by atoms with Gasteiger partial charge in [-0.3, -0.25) is 24.6 Å². The van der Waals surface area contributed by atoms with Gasteiger partial charge in [-0.1, -0.05) is 29.8 Å². The molecule has 0 saturated carbocycles. The third kappa shape index (κ3) is 9.19. The molecule has 0 aliphatic carbocycles. The first-order chi connectivity index (χ1) is 24.7. The highest BCUT2D eigenvalue weighted by Gasteiger charge is 2.33. The molecule has 2 amide bonds. The Hall–Kier alpha value is -3.87. The van der Waals surface area contributed by atoms with Crippen molar-refractivity contribution in [3.8, 4) is 16.9 Å². The Morgan fingerprint density at radius 3 is 2.31 bits per heavy atom. The number of hydrogen-bond donors (Lipinski definition) is 2. The van der Waals surface area contributed by atoms with Crippen LogP contribution in [-0.2, 0) is 23.2 Å². The fourth-order valence-electron chi connectivity index (χ4n) is 7.83. The summed E-state index contributed by atoms with van der Waals surface area (Å²) in [5.41, 5.74) is 4.81. The van der Waals surface area contributed by atoms with Gasteiger partial charge in [-0.2, -0.15) is 0 Å². The van der Waals surface area contributed by atoms with Gasteiger partial charge in [-0.05, 0) is 132 Å². The largest absolute Gasteiger partial charge is 0.573 e. The van der Waals surface area contributed by atoms with Gasteiger partial charge >= 0.3 is 6.36 Å². The molecule has 2 aromatic carbocycles. The first kappa shape index (κ1) is 37.9. The van der Waals surface area contributed by atoms with E-state index in [0.717, 1.165) is 81.6 Å². The van der Waals surface area contributed by atoms with Gasteiger partial charge in [-0.25, -0.2) is 0 Å². The van der Waals surface area contributed by atoms with Gasteiger partial charge in [-0.15, -0.1) is 13.2 Å². The molecule has 0 radical (unpaired) electrons. The molecular formula is C39H47ClF3N5O4. The maximum absolute atomic E-state index is 13.5. The molecule has 0 spiro atoms. The van der Waals surface area contributed by atoms with E-state index in [0.29, 0.717) is 58.5 Å². The Morgan fingerprint density at radius 2 is 1.63 bits per heavy atom. The van der Waals surface area contributed by atoms with Gasteiger partial charge in [0.05, 0.1) is 0 Å². The van der Waals surface area contributed by atoms with E-state index in [4.69, 9.17) is 11.6 Å². The zero-order valence-electron chi connectivity index (χ0n) is 30.0. The normalized spacial score (nSPS) is 19.9. The van der Waals surface area contributed by atoms with Crippen LogP contribution in [0.25, 0.3) is 11.1 Å². The minimum absolute atomic E-state index is 0.134. The first-order valence-electron chi connectivity index (χ1n) is 18.1. The number of piperidine rings is 3. The topological polar surface area (TPSA) is 95.9 Å². The summed E-state index contributed by atoms with van der Waals surface area (Å²) >= 11 is 6.71. The zero-order chi connectivity index (χ0) is 37.2. The maximum Gasteiger partial charge on any atom is 0.573 e. The van der Waals surface area contributed by atoms with Crippen LogP contribution in [0.2, 0.25) is 5.02 Å². The molecule has 0 bridgehead atoms. The molecule has 3 aliphatic rings. The quantitative estimate of drug-likeness (QED) is 0.218. The van der Waals surface area contributed by atoms with Crippen molar-refractivity contribution in [3.05, 3.63) is 80.2 Å². The molecule has 13 heteroatoms. The number of ether oxygens (including phenoxy) is 1. The van der Waals surface area contributed by atoms with Gasteiger partial charge in [0.1, 0.15) is 11.8 Å². The molecule has 3 fully saturated rings. The van der Waals surface area contributed by atoms with Gasteiger partial charge in [0.2, 0.25) is 11.8 Å². The highest BCUT2D eigenvalue weighted by atomic mass is 35.5. The van der Waals surface area contributed by atoms with Crippen LogP contribution in [-0.4, -0.2) is 71.3 Å². The summed E-state index contributed by atoms with van der Waals surface area (Å²) in [6.07, 6.45) is 2.72. The van der Waals surface area contributed by atoms with Crippen molar-refractivity contribution in [2.24, 2.45) is 13.0 Å². The summed E-state index contributed by atoms with van der Waals surface area (Å²) in [5, 5.41) is 6.26.